The number of rotatable bonds is 7. The van der Waals surface area contributed by atoms with Crippen LogP contribution in [0.25, 0.3) is 0 Å². The summed E-state index contributed by atoms with van der Waals surface area (Å²) in [6.07, 6.45) is -8.61. The minimum Gasteiger partial charge on any atom is -0.493 e. The number of aliphatic carboxylic acids is 2. The molecule has 26 heavy (non-hydrogen) atoms. The van der Waals surface area contributed by atoms with E-state index in [0.29, 0.717) is 5.56 Å². The molecule has 1 fully saturated rings. The maximum absolute atomic E-state index is 11.1. The number of aliphatic hydroxyl groups is 3. The molecule has 1 aromatic rings. The van der Waals surface area contributed by atoms with E-state index < -0.39 is 42.6 Å². The van der Waals surface area contributed by atoms with E-state index in [1.54, 1.807) is 6.07 Å². The van der Waals surface area contributed by atoms with Crippen LogP contribution in [0.5, 0.6) is 11.5 Å². The topological polar surface area (TPSA) is 163 Å². The molecule has 144 valence electrons. The average molecular weight is 372 g/mol. The zero-order valence-electron chi connectivity index (χ0n) is 13.8. The Hall–Kier alpha value is -2.40. The molecule has 0 radical (unpaired) electrons. The van der Waals surface area contributed by atoms with E-state index in [9.17, 15) is 24.9 Å². The van der Waals surface area contributed by atoms with Gasteiger partial charge in [0.15, 0.2) is 17.6 Å². The molecule has 10 heteroatoms. The Morgan fingerprint density at radius 3 is 2.35 bits per heavy atom. The summed E-state index contributed by atoms with van der Waals surface area (Å²) in [6, 6.07) is 4.61. The third kappa shape index (κ3) is 4.41. The Morgan fingerprint density at radius 1 is 1.08 bits per heavy atom. The maximum atomic E-state index is 11.1. The van der Waals surface area contributed by atoms with Crippen LogP contribution in [0.15, 0.2) is 18.2 Å². The molecular weight excluding hydrogens is 352 g/mol. The molecule has 5 atom stereocenters. The Labute approximate surface area is 148 Å². The highest BCUT2D eigenvalue weighted by atomic mass is 16.7. The molecule has 0 bridgehead atoms. The Bertz CT molecular complexity index is 660. The fourth-order valence-corrected chi connectivity index (χ4v) is 2.49. The first-order valence-corrected chi connectivity index (χ1v) is 7.72. The van der Waals surface area contributed by atoms with Crippen molar-refractivity contribution in [2.24, 2.45) is 0 Å². The molecule has 0 saturated carbocycles. The Kier molecular flexibility index (Phi) is 6.37. The van der Waals surface area contributed by atoms with Crippen molar-refractivity contribution >= 4 is 11.9 Å². The molecule has 1 saturated heterocycles. The molecule has 10 nitrogen and oxygen atoms in total. The van der Waals surface area contributed by atoms with Crippen LogP contribution in [0.3, 0.4) is 0 Å². The number of carbonyl (C=O) groups is 2. The summed E-state index contributed by atoms with van der Waals surface area (Å²) in [6.45, 7) is 0. The molecule has 1 aromatic carbocycles. The first-order valence-electron chi connectivity index (χ1n) is 7.72. The Balaban J connectivity index is 2.23. The van der Waals surface area contributed by atoms with E-state index in [1.165, 1.54) is 19.2 Å². The lowest BCUT2D eigenvalue weighted by atomic mass is 9.99. The molecule has 0 unspecified atom stereocenters. The smallest absolute Gasteiger partial charge is 0.335 e. The summed E-state index contributed by atoms with van der Waals surface area (Å²) >= 11 is 0. The van der Waals surface area contributed by atoms with Crippen molar-refractivity contribution in [3.8, 4) is 11.5 Å². The van der Waals surface area contributed by atoms with Crippen LogP contribution in [-0.2, 0) is 20.7 Å². The molecule has 0 spiro atoms. The molecule has 0 aromatic heterocycles. The van der Waals surface area contributed by atoms with Crippen LogP contribution >= 0.6 is 0 Å². The third-order valence-corrected chi connectivity index (χ3v) is 3.91. The van der Waals surface area contributed by atoms with Gasteiger partial charge in [-0.05, 0) is 24.1 Å². The fourth-order valence-electron chi connectivity index (χ4n) is 2.49. The van der Waals surface area contributed by atoms with E-state index >= 15 is 0 Å². The fraction of sp³-hybridized carbons (Fsp3) is 0.500. The molecular formula is C16H20O10. The van der Waals surface area contributed by atoms with E-state index in [0.717, 1.165) is 0 Å². The largest absolute Gasteiger partial charge is 0.493 e. The molecule has 0 aliphatic carbocycles. The normalized spacial score (nSPS) is 28.4. The second-order valence-electron chi connectivity index (χ2n) is 5.73. The van der Waals surface area contributed by atoms with Gasteiger partial charge in [-0.1, -0.05) is 6.07 Å². The van der Waals surface area contributed by atoms with Crippen molar-refractivity contribution in [3.05, 3.63) is 23.8 Å². The van der Waals surface area contributed by atoms with E-state index in [4.69, 9.17) is 24.4 Å². The van der Waals surface area contributed by atoms with Crippen molar-refractivity contribution in [3.63, 3.8) is 0 Å². The summed E-state index contributed by atoms with van der Waals surface area (Å²) in [7, 11) is 1.36. The summed E-state index contributed by atoms with van der Waals surface area (Å²) in [5.74, 6) is -2.21. The number of ether oxygens (including phenoxy) is 3. The highest BCUT2D eigenvalue weighted by molar-refractivity contribution is 5.73. The SMILES string of the molecule is COc1ccc(CCC(=O)O)cc1O[C@@H]1O[C@H](C(=O)O)[C@@H](O)[C@H](O)[C@H]1O. The van der Waals surface area contributed by atoms with Gasteiger partial charge in [0.05, 0.1) is 7.11 Å². The van der Waals surface area contributed by atoms with Crippen molar-refractivity contribution in [1.29, 1.82) is 0 Å². The summed E-state index contributed by atoms with van der Waals surface area (Å²) in [5.41, 5.74) is 0.601. The molecule has 0 amide bonds. The minimum absolute atomic E-state index is 0.0622. The molecule has 1 aliphatic heterocycles. The van der Waals surface area contributed by atoms with Gasteiger partial charge >= 0.3 is 11.9 Å². The summed E-state index contributed by atoms with van der Waals surface area (Å²) in [4.78, 5) is 21.8. The van der Waals surface area contributed by atoms with E-state index in [1.807, 2.05) is 0 Å². The van der Waals surface area contributed by atoms with Crippen LogP contribution in [0, 0.1) is 0 Å². The summed E-state index contributed by atoms with van der Waals surface area (Å²) in [5, 5.41) is 47.3. The first kappa shape index (κ1) is 19.9. The number of benzene rings is 1. The van der Waals surface area contributed by atoms with Crippen LogP contribution in [-0.4, -0.2) is 75.3 Å². The zero-order chi connectivity index (χ0) is 19.4. The number of hydrogen-bond acceptors (Lipinski definition) is 8. The number of hydrogen-bond donors (Lipinski definition) is 5. The first-order chi connectivity index (χ1) is 12.2. The highest BCUT2D eigenvalue weighted by Crippen LogP contribution is 2.32. The zero-order valence-corrected chi connectivity index (χ0v) is 13.8. The van der Waals surface area contributed by atoms with Crippen molar-refractivity contribution in [2.75, 3.05) is 7.11 Å². The van der Waals surface area contributed by atoms with E-state index in [2.05, 4.69) is 0 Å². The van der Waals surface area contributed by atoms with Crippen LogP contribution in [0.1, 0.15) is 12.0 Å². The average Bonchev–Trinajstić information content (AvgIpc) is 2.60. The lowest BCUT2D eigenvalue weighted by Gasteiger charge is -2.38. The van der Waals surface area contributed by atoms with E-state index in [-0.39, 0.29) is 24.3 Å². The second-order valence-corrected chi connectivity index (χ2v) is 5.73. The predicted molar refractivity (Wildman–Crippen MR) is 83.9 cm³/mol. The molecule has 1 aliphatic rings. The Morgan fingerprint density at radius 2 is 1.77 bits per heavy atom. The third-order valence-electron chi connectivity index (χ3n) is 3.91. The molecule has 2 rings (SSSR count). The van der Waals surface area contributed by atoms with Gasteiger partial charge in [-0.2, -0.15) is 0 Å². The summed E-state index contributed by atoms with van der Waals surface area (Å²) < 4.78 is 15.6. The van der Waals surface area contributed by atoms with Crippen molar-refractivity contribution < 1.29 is 49.3 Å². The number of carboxylic acids is 2. The number of carboxylic acid groups (broad SMARTS) is 2. The van der Waals surface area contributed by atoms with Gasteiger partial charge in [-0.3, -0.25) is 4.79 Å². The number of aliphatic hydroxyl groups excluding tert-OH is 3. The van der Waals surface area contributed by atoms with Crippen LogP contribution in [0.4, 0.5) is 0 Å². The minimum atomic E-state index is -1.83. The maximum Gasteiger partial charge on any atom is 0.335 e. The van der Waals surface area contributed by atoms with Crippen molar-refractivity contribution in [1.82, 2.24) is 0 Å². The van der Waals surface area contributed by atoms with Gasteiger partial charge in [-0.25, -0.2) is 4.79 Å². The molecule has 1 heterocycles. The van der Waals surface area contributed by atoms with Crippen LogP contribution < -0.4 is 9.47 Å². The molecule has 5 N–H and O–H groups in total. The van der Waals surface area contributed by atoms with Gasteiger partial charge in [0, 0.05) is 6.42 Å². The van der Waals surface area contributed by atoms with Gasteiger partial charge in [0.25, 0.3) is 0 Å². The quantitative estimate of drug-likeness (QED) is 0.400. The highest BCUT2D eigenvalue weighted by Gasteiger charge is 2.48. The predicted octanol–water partition coefficient (Wildman–Crippen LogP) is -1.02. The standard InChI is InChI=1S/C16H20O10/c1-24-8-4-2-7(3-5-10(17)18)6-9(8)25-16-13(21)11(19)12(20)14(26-16)15(22)23/h2,4,6,11-14,16,19-21H,3,5H2,1H3,(H,17,18)(H,22,23)/t11-,12-,13+,14-,16+/m0/s1. The lowest BCUT2D eigenvalue weighted by molar-refractivity contribution is -0.271. The number of methoxy groups -OCH3 is 1. The lowest BCUT2D eigenvalue weighted by Crippen LogP contribution is -2.61. The van der Waals surface area contributed by atoms with Gasteiger partial charge in [0.2, 0.25) is 6.29 Å². The van der Waals surface area contributed by atoms with Gasteiger partial charge < -0.3 is 39.7 Å². The second kappa shape index (κ2) is 8.32. The van der Waals surface area contributed by atoms with Gasteiger partial charge in [-0.15, -0.1) is 0 Å². The van der Waals surface area contributed by atoms with Crippen LogP contribution in [0.2, 0.25) is 0 Å². The monoisotopic (exact) mass is 372 g/mol. The number of aryl methyl sites for hydroxylation is 1. The van der Waals surface area contributed by atoms with Gasteiger partial charge in [0.1, 0.15) is 18.3 Å². The van der Waals surface area contributed by atoms with Crippen molar-refractivity contribution in [2.45, 2.75) is 43.5 Å².